The maximum absolute atomic E-state index is 13.5. The minimum atomic E-state index is -0.483. The molecule has 1 fully saturated rings. The number of nitro benzene ring substituents is 1. The van der Waals surface area contributed by atoms with Crippen molar-refractivity contribution in [1.29, 1.82) is 0 Å². The van der Waals surface area contributed by atoms with Gasteiger partial charge in [0.1, 0.15) is 0 Å². The molecule has 0 radical (unpaired) electrons. The largest absolute Gasteiger partial charge is 0.490 e. The summed E-state index contributed by atoms with van der Waals surface area (Å²) in [6.45, 7) is 7.55. The van der Waals surface area contributed by atoms with Crippen molar-refractivity contribution in [3.05, 3.63) is 57.6 Å². The summed E-state index contributed by atoms with van der Waals surface area (Å²) in [6.07, 6.45) is 0.811. The molecule has 0 aromatic heterocycles. The Labute approximate surface area is 192 Å². The van der Waals surface area contributed by atoms with Crippen molar-refractivity contribution in [3.8, 4) is 11.5 Å². The fourth-order valence-electron chi connectivity index (χ4n) is 4.13. The molecule has 1 atom stereocenters. The van der Waals surface area contributed by atoms with E-state index in [1.165, 1.54) is 12.1 Å². The molecule has 9 nitrogen and oxygen atoms in total. The first-order valence-corrected chi connectivity index (χ1v) is 11.3. The molecule has 0 bridgehead atoms. The highest BCUT2D eigenvalue weighted by Gasteiger charge is 2.26. The van der Waals surface area contributed by atoms with Gasteiger partial charge in [-0.1, -0.05) is 19.9 Å². The van der Waals surface area contributed by atoms with Crippen LogP contribution >= 0.6 is 0 Å². The third kappa shape index (κ3) is 5.19. The molecule has 0 spiro atoms. The Morgan fingerprint density at radius 1 is 1.03 bits per heavy atom. The zero-order valence-electron chi connectivity index (χ0n) is 18.9. The van der Waals surface area contributed by atoms with Crippen LogP contribution in [0.5, 0.6) is 11.5 Å². The lowest BCUT2D eigenvalue weighted by Crippen LogP contribution is -2.38. The molecule has 2 aromatic rings. The van der Waals surface area contributed by atoms with Gasteiger partial charge in [0.15, 0.2) is 11.5 Å². The highest BCUT2D eigenvalue weighted by Crippen LogP contribution is 2.35. The number of carbonyl (C=O) groups excluding carboxylic acids is 1. The van der Waals surface area contributed by atoms with Gasteiger partial charge in [-0.15, -0.1) is 0 Å². The first kappa shape index (κ1) is 22.8. The van der Waals surface area contributed by atoms with E-state index >= 15 is 0 Å². The monoisotopic (exact) mass is 455 g/mol. The van der Waals surface area contributed by atoms with Crippen LogP contribution in [0.1, 0.15) is 42.2 Å². The summed E-state index contributed by atoms with van der Waals surface area (Å²) < 4.78 is 17.0. The van der Waals surface area contributed by atoms with Gasteiger partial charge < -0.3 is 24.4 Å². The molecule has 9 heteroatoms. The fourth-order valence-corrected chi connectivity index (χ4v) is 4.13. The highest BCUT2D eigenvalue weighted by atomic mass is 16.6. The van der Waals surface area contributed by atoms with Gasteiger partial charge in [0.2, 0.25) is 0 Å². The Balaban J connectivity index is 1.64. The molecule has 0 saturated carbocycles. The molecule has 2 aliphatic heterocycles. The van der Waals surface area contributed by atoms with Gasteiger partial charge >= 0.3 is 0 Å². The second-order valence-electron chi connectivity index (χ2n) is 8.51. The third-order valence-corrected chi connectivity index (χ3v) is 5.87. The van der Waals surface area contributed by atoms with Gasteiger partial charge in [0.25, 0.3) is 11.6 Å². The van der Waals surface area contributed by atoms with E-state index in [2.05, 4.69) is 5.32 Å². The van der Waals surface area contributed by atoms with E-state index in [4.69, 9.17) is 14.2 Å². The summed E-state index contributed by atoms with van der Waals surface area (Å²) in [5.74, 6) is 1.07. The molecule has 1 N–H and O–H groups in total. The second kappa shape index (κ2) is 10.1. The van der Waals surface area contributed by atoms with Gasteiger partial charge in [-0.25, -0.2) is 0 Å². The van der Waals surface area contributed by atoms with Crippen LogP contribution in [0, 0.1) is 16.0 Å². The summed E-state index contributed by atoms with van der Waals surface area (Å²) in [4.78, 5) is 26.4. The Bertz CT molecular complexity index is 1020. The van der Waals surface area contributed by atoms with E-state index in [0.29, 0.717) is 56.7 Å². The summed E-state index contributed by atoms with van der Waals surface area (Å²) >= 11 is 0. The van der Waals surface area contributed by atoms with Crippen molar-refractivity contribution < 1.29 is 23.9 Å². The molecule has 4 rings (SSSR count). The average Bonchev–Trinajstić information content (AvgIpc) is 3.07. The molecule has 2 heterocycles. The standard InChI is InChI=1S/C24H29N3O6/c1-16(2)23(17-4-7-21-22(14-17)33-11-3-10-32-21)25-24(28)19-15-18(27(29)30)5-6-20(19)26-8-12-31-13-9-26/h4-7,14-16,23H,3,8-13H2,1-2H3,(H,25,28)/t23-/m0/s1. The van der Waals surface area contributed by atoms with Crippen LogP contribution in [-0.2, 0) is 4.74 Å². The quantitative estimate of drug-likeness (QED) is 0.523. The topological polar surface area (TPSA) is 103 Å². The highest BCUT2D eigenvalue weighted by molar-refractivity contribution is 6.00. The van der Waals surface area contributed by atoms with Crippen LogP contribution in [0.3, 0.4) is 0 Å². The zero-order chi connectivity index (χ0) is 23.4. The number of morpholine rings is 1. The number of benzene rings is 2. The first-order valence-electron chi connectivity index (χ1n) is 11.3. The van der Waals surface area contributed by atoms with E-state index in [9.17, 15) is 14.9 Å². The number of fused-ring (bicyclic) bond motifs is 1. The van der Waals surface area contributed by atoms with Crippen LogP contribution < -0.4 is 19.7 Å². The van der Waals surface area contributed by atoms with E-state index in [-0.39, 0.29) is 29.1 Å². The number of amides is 1. The molecule has 33 heavy (non-hydrogen) atoms. The van der Waals surface area contributed by atoms with Crippen molar-refractivity contribution in [2.24, 2.45) is 5.92 Å². The minimum Gasteiger partial charge on any atom is -0.490 e. The number of nitro groups is 1. The fraction of sp³-hybridized carbons (Fsp3) is 0.458. The van der Waals surface area contributed by atoms with E-state index < -0.39 is 4.92 Å². The summed E-state index contributed by atoms with van der Waals surface area (Å²) in [6, 6.07) is 9.82. The number of non-ortho nitro benzene ring substituents is 1. The Morgan fingerprint density at radius 3 is 2.45 bits per heavy atom. The molecular formula is C24H29N3O6. The molecule has 2 aliphatic rings. The molecule has 0 unspecified atom stereocenters. The van der Waals surface area contributed by atoms with Gasteiger partial charge in [-0.2, -0.15) is 0 Å². The molecule has 0 aliphatic carbocycles. The molecule has 1 amide bonds. The second-order valence-corrected chi connectivity index (χ2v) is 8.51. The molecular weight excluding hydrogens is 426 g/mol. The van der Waals surface area contributed by atoms with E-state index in [0.717, 1.165) is 12.0 Å². The van der Waals surface area contributed by atoms with Gasteiger partial charge in [-0.3, -0.25) is 14.9 Å². The number of carbonyl (C=O) groups is 1. The number of hydrogen-bond acceptors (Lipinski definition) is 7. The van der Waals surface area contributed by atoms with Crippen molar-refractivity contribution in [1.82, 2.24) is 5.32 Å². The van der Waals surface area contributed by atoms with Crippen LogP contribution in [0.15, 0.2) is 36.4 Å². The predicted molar refractivity (Wildman–Crippen MR) is 123 cm³/mol. The lowest BCUT2D eigenvalue weighted by atomic mass is 9.95. The number of rotatable bonds is 6. The van der Waals surface area contributed by atoms with Gasteiger partial charge in [0, 0.05) is 31.6 Å². The zero-order valence-corrected chi connectivity index (χ0v) is 18.9. The number of nitrogens with zero attached hydrogens (tertiary/aromatic N) is 2. The van der Waals surface area contributed by atoms with Crippen LogP contribution in [0.25, 0.3) is 0 Å². The van der Waals surface area contributed by atoms with Crippen molar-refractivity contribution in [2.75, 3.05) is 44.4 Å². The third-order valence-electron chi connectivity index (χ3n) is 5.87. The number of anilines is 1. The smallest absolute Gasteiger partial charge is 0.270 e. The summed E-state index contributed by atoms with van der Waals surface area (Å²) in [5.41, 5.74) is 1.73. The van der Waals surface area contributed by atoms with Gasteiger partial charge in [0.05, 0.1) is 48.6 Å². The maximum Gasteiger partial charge on any atom is 0.270 e. The minimum absolute atomic E-state index is 0.0734. The Hall–Kier alpha value is -3.33. The number of hydrogen-bond donors (Lipinski definition) is 1. The summed E-state index contributed by atoms with van der Waals surface area (Å²) in [5, 5.41) is 14.5. The number of ether oxygens (including phenoxy) is 3. The Morgan fingerprint density at radius 2 is 1.76 bits per heavy atom. The van der Waals surface area contributed by atoms with Gasteiger partial charge in [-0.05, 0) is 29.7 Å². The molecule has 2 aromatic carbocycles. The maximum atomic E-state index is 13.5. The SMILES string of the molecule is CC(C)[C@H](NC(=O)c1cc([N+](=O)[O-])ccc1N1CCOCC1)c1ccc2c(c1)OCCCO2. The first-order chi connectivity index (χ1) is 15.9. The lowest BCUT2D eigenvalue weighted by molar-refractivity contribution is -0.384. The van der Waals surface area contributed by atoms with Crippen molar-refractivity contribution >= 4 is 17.3 Å². The normalized spacial score (nSPS) is 16.8. The van der Waals surface area contributed by atoms with Crippen LogP contribution in [0.4, 0.5) is 11.4 Å². The molecule has 176 valence electrons. The van der Waals surface area contributed by atoms with Crippen molar-refractivity contribution in [2.45, 2.75) is 26.3 Å². The van der Waals surface area contributed by atoms with E-state index in [1.807, 2.05) is 36.9 Å². The molecule has 1 saturated heterocycles. The van der Waals surface area contributed by atoms with Crippen LogP contribution in [0.2, 0.25) is 0 Å². The van der Waals surface area contributed by atoms with Crippen LogP contribution in [-0.4, -0.2) is 50.3 Å². The lowest BCUT2D eigenvalue weighted by Gasteiger charge is -2.31. The Kier molecular flexibility index (Phi) is 6.98. The predicted octanol–water partition coefficient (Wildman–Crippen LogP) is 3.72. The average molecular weight is 456 g/mol. The van der Waals surface area contributed by atoms with Crippen molar-refractivity contribution in [3.63, 3.8) is 0 Å². The van der Waals surface area contributed by atoms with E-state index in [1.54, 1.807) is 6.07 Å². The summed E-state index contributed by atoms with van der Waals surface area (Å²) in [7, 11) is 0. The number of nitrogens with one attached hydrogen (secondary N) is 1.